The second kappa shape index (κ2) is 4.85. The molecule has 4 N–H and O–H groups in total. The van der Waals surface area contributed by atoms with Gasteiger partial charge in [0.05, 0.1) is 18.3 Å². The minimum Gasteiger partial charge on any atom is -0.392 e. The van der Waals surface area contributed by atoms with Gasteiger partial charge >= 0.3 is 0 Å². The second-order valence-corrected chi connectivity index (χ2v) is 9.79. The molecule has 4 aliphatic rings. The second-order valence-electron chi connectivity index (χ2n) is 9.79. The number of rotatable bonds is 0. The van der Waals surface area contributed by atoms with Crippen LogP contribution in [0.1, 0.15) is 52.9 Å². The van der Waals surface area contributed by atoms with E-state index in [9.17, 15) is 20.4 Å². The molecule has 4 rings (SSSR count). The molecule has 4 saturated carbocycles. The van der Waals surface area contributed by atoms with Crippen molar-refractivity contribution in [3.63, 3.8) is 0 Å². The predicted octanol–water partition coefficient (Wildman–Crippen LogP) is 1.86. The highest BCUT2D eigenvalue weighted by Gasteiger charge is 2.70. The van der Waals surface area contributed by atoms with E-state index in [1.807, 2.05) is 13.8 Å². The molecule has 1 spiro atoms. The van der Waals surface area contributed by atoms with Gasteiger partial charge in [-0.1, -0.05) is 32.9 Å². The van der Waals surface area contributed by atoms with Crippen LogP contribution in [-0.4, -0.2) is 44.3 Å². The zero-order valence-electron chi connectivity index (χ0n) is 15.1. The molecule has 2 bridgehead atoms. The Labute approximate surface area is 144 Å². The van der Waals surface area contributed by atoms with Crippen molar-refractivity contribution in [1.82, 2.24) is 0 Å². The Morgan fingerprint density at radius 3 is 2.38 bits per heavy atom. The van der Waals surface area contributed by atoms with Crippen molar-refractivity contribution in [2.75, 3.05) is 0 Å². The predicted molar refractivity (Wildman–Crippen MR) is 91.0 cm³/mol. The van der Waals surface area contributed by atoms with Crippen LogP contribution in [0.3, 0.4) is 0 Å². The first-order chi connectivity index (χ1) is 11.1. The Hall–Kier alpha value is -0.420. The summed E-state index contributed by atoms with van der Waals surface area (Å²) in [5, 5.41) is 44.4. The first kappa shape index (κ1) is 17.0. The lowest BCUT2D eigenvalue weighted by Crippen LogP contribution is -2.57. The molecule has 0 amide bonds. The van der Waals surface area contributed by atoms with Gasteiger partial charge < -0.3 is 20.4 Å². The van der Waals surface area contributed by atoms with E-state index >= 15 is 0 Å². The summed E-state index contributed by atoms with van der Waals surface area (Å²) in [7, 11) is 0. The van der Waals surface area contributed by atoms with Crippen LogP contribution in [0.2, 0.25) is 0 Å². The maximum atomic E-state index is 11.6. The molecule has 9 atom stereocenters. The molecule has 0 radical (unpaired) electrons. The molecule has 24 heavy (non-hydrogen) atoms. The topological polar surface area (TPSA) is 80.9 Å². The third-order valence-corrected chi connectivity index (χ3v) is 8.84. The summed E-state index contributed by atoms with van der Waals surface area (Å²) in [5.74, 6) is 0.425. The standard InChI is InChI=1S/C20H32O4/c1-10-8-19-9-16(22)20(24)14(7-15(21)18(20,3)4)11(2)13(19)6-5-12(10)17(19)23/h11-17,21-24H,1,5-9H2,2-4H3/t11-,12-,13-,14-,15-,16+,17+,19+,20-/m0/s1. The lowest BCUT2D eigenvalue weighted by Gasteiger charge is -2.47. The summed E-state index contributed by atoms with van der Waals surface area (Å²) >= 11 is 0. The molecular weight excluding hydrogens is 304 g/mol. The number of fused-ring (bicyclic) bond motifs is 2. The summed E-state index contributed by atoms with van der Waals surface area (Å²) < 4.78 is 0. The Balaban J connectivity index is 1.84. The average Bonchev–Trinajstić information content (AvgIpc) is 2.73. The van der Waals surface area contributed by atoms with Gasteiger partial charge in [-0.15, -0.1) is 0 Å². The Kier molecular flexibility index (Phi) is 3.44. The van der Waals surface area contributed by atoms with E-state index in [4.69, 9.17) is 0 Å². The van der Waals surface area contributed by atoms with Crippen LogP contribution in [-0.2, 0) is 0 Å². The van der Waals surface area contributed by atoms with Crippen LogP contribution in [0, 0.1) is 34.5 Å². The molecule has 4 fully saturated rings. The number of aliphatic hydroxyl groups excluding tert-OH is 3. The fourth-order valence-corrected chi connectivity index (χ4v) is 7.32. The molecule has 4 aliphatic carbocycles. The molecular formula is C20H32O4. The van der Waals surface area contributed by atoms with Gasteiger partial charge in [0.25, 0.3) is 0 Å². The van der Waals surface area contributed by atoms with Gasteiger partial charge in [0, 0.05) is 16.7 Å². The smallest absolute Gasteiger partial charge is 0.101 e. The monoisotopic (exact) mass is 336 g/mol. The van der Waals surface area contributed by atoms with Crippen molar-refractivity contribution in [2.45, 2.75) is 76.8 Å². The van der Waals surface area contributed by atoms with Crippen molar-refractivity contribution >= 4 is 0 Å². The zero-order valence-corrected chi connectivity index (χ0v) is 15.1. The fraction of sp³-hybridized carbons (Fsp3) is 0.900. The highest BCUT2D eigenvalue weighted by molar-refractivity contribution is 5.26. The van der Waals surface area contributed by atoms with Gasteiger partial charge in [0.15, 0.2) is 0 Å². The molecule has 0 saturated heterocycles. The molecule has 0 aromatic heterocycles. The molecule has 4 nitrogen and oxygen atoms in total. The molecule has 0 unspecified atom stereocenters. The van der Waals surface area contributed by atoms with Crippen molar-refractivity contribution in [2.24, 2.45) is 34.5 Å². The molecule has 4 heteroatoms. The highest BCUT2D eigenvalue weighted by Crippen LogP contribution is 2.67. The third-order valence-electron chi connectivity index (χ3n) is 8.84. The number of aliphatic hydroxyl groups is 4. The van der Waals surface area contributed by atoms with Crippen LogP contribution in [0.4, 0.5) is 0 Å². The minimum absolute atomic E-state index is 0.139. The van der Waals surface area contributed by atoms with Crippen LogP contribution in [0.5, 0.6) is 0 Å². The van der Waals surface area contributed by atoms with E-state index < -0.39 is 29.3 Å². The van der Waals surface area contributed by atoms with Gasteiger partial charge in [0.2, 0.25) is 0 Å². The normalized spacial score (nSPS) is 59.0. The number of hydrogen-bond acceptors (Lipinski definition) is 4. The van der Waals surface area contributed by atoms with Crippen molar-refractivity contribution in [3.05, 3.63) is 12.2 Å². The Morgan fingerprint density at radius 2 is 1.71 bits per heavy atom. The van der Waals surface area contributed by atoms with Crippen LogP contribution >= 0.6 is 0 Å². The van der Waals surface area contributed by atoms with E-state index in [2.05, 4.69) is 13.5 Å². The average molecular weight is 336 g/mol. The molecule has 136 valence electrons. The lowest BCUT2D eigenvalue weighted by atomic mass is 9.59. The van der Waals surface area contributed by atoms with E-state index in [0.717, 1.165) is 24.8 Å². The van der Waals surface area contributed by atoms with Gasteiger partial charge in [0.1, 0.15) is 5.60 Å². The van der Waals surface area contributed by atoms with E-state index in [0.29, 0.717) is 12.8 Å². The van der Waals surface area contributed by atoms with E-state index in [1.54, 1.807) is 0 Å². The van der Waals surface area contributed by atoms with Crippen LogP contribution in [0.25, 0.3) is 0 Å². The maximum absolute atomic E-state index is 11.6. The molecule has 0 aliphatic heterocycles. The molecule has 0 heterocycles. The van der Waals surface area contributed by atoms with Crippen LogP contribution < -0.4 is 0 Å². The van der Waals surface area contributed by atoms with Crippen molar-refractivity contribution in [3.8, 4) is 0 Å². The van der Waals surface area contributed by atoms with Crippen molar-refractivity contribution in [1.29, 1.82) is 0 Å². The van der Waals surface area contributed by atoms with E-state index in [-0.39, 0.29) is 29.1 Å². The SMILES string of the molecule is C=C1C[C@@]23C[C@@H](O)[C@@]4(O)[C@@H](C[C@H](O)C4(C)C)[C@@H](C)[C@@H]2CC[C@@H]1[C@H]3O. The summed E-state index contributed by atoms with van der Waals surface area (Å²) in [6.45, 7) is 10.1. The summed E-state index contributed by atoms with van der Waals surface area (Å²) in [6.07, 6.45) is 1.64. The van der Waals surface area contributed by atoms with Crippen molar-refractivity contribution < 1.29 is 20.4 Å². The summed E-state index contributed by atoms with van der Waals surface area (Å²) in [4.78, 5) is 0. The summed E-state index contributed by atoms with van der Waals surface area (Å²) in [5.41, 5.74) is -1.31. The molecule has 0 aromatic rings. The zero-order chi connectivity index (χ0) is 17.7. The number of hydrogen-bond donors (Lipinski definition) is 4. The summed E-state index contributed by atoms with van der Waals surface area (Å²) in [6, 6.07) is 0. The third kappa shape index (κ3) is 1.69. The first-order valence-corrected chi connectivity index (χ1v) is 9.51. The van der Waals surface area contributed by atoms with Gasteiger partial charge in [-0.25, -0.2) is 0 Å². The van der Waals surface area contributed by atoms with Gasteiger partial charge in [-0.3, -0.25) is 0 Å². The highest BCUT2D eigenvalue weighted by atomic mass is 16.4. The Morgan fingerprint density at radius 1 is 1.04 bits per heavy atom. The Bertz CT molecular complexity index is 572. The minimum atomic E-state index is -1.31. The van der Waals surface area contributed by atoms with E-state index in [1.165, 1.54) is 0 Å². The lowest BCUT2D eigenvalue weighted by molar-refractivity contribution is -0.178. The first-order valence-electron chi connectivity index (χ1n) is 9.51. The van der Waals surface area contributed by atoms with Gasteiger partial charge in [-0.05, 0) is 49.9 Å². The quantitative estimate of drug-likeness (QED) is 0.509. The fourth-order valence-electron chi connectivity index (χ4n) is 7.32. The maximum Gasteiger partial charge on any atom is 0.101 e. The van der Waals surface area contributed by atoms with Gasteiger partial charge in [-0.2, -0.15) is 0 Å². The molecule has 0 aromatic carbocycles. The van der Waals surface area contributed by atoms with Crippen LogP contribution in [0.15, 0.2) is 12.2 Å². The largest absolute Gasteiger partial charge is 0.392 e.